The number of hydrogen-bond acceptors (Lipinski definition) is 1. The fourth-order valence-electron chi connectivity index (χ4n) is 2.16. The van der Waals surface area contributed by atoms with Crippen LogP contribution in [-0.4, -0.2) is 12.2 Å². The first-order valence-corrected chi connectivity index (χ1v) is 5.41. The van der Waals surface area contributed by atoms with E-state index in [2.05, 4.69) is 0 Å². The Labute approximate surface area is 96.8 Å². The van der Waals surface area contributed by atoms with Crippen molar-refractivity contribution in [3.05, 3.63) is 35.4 Å². The molecule has 92 valence electrons. The molecule has 0 radical (unpaired) electrons. The van der Waals surface area contributed by atoms with Crippen LogP contribution in [0.1, 0.15) is 17.5 Å². The number of nitrogens with one attached hydrogen (secondary N) is 1. The maximum absolute atomic E-state index is 12.0. The average molecular weight is 243 g/mol. The van der Waals surface area contributed by atoms with Crippen molar-refractivity contribution in [3.8, 4) is 0 Å². The molecule has 1 amide bonds. The molecule has 17 heavy (non-hydrogen) atoms. The largest absolute Gasteiger partial charge is 0.484 e. The van der Waals surface area contributed by atoms with Gasteiger partial charge in [0, 0.05) is 5.92 Å². The molecule has 5 heteroatoms. The van der Waals surface area contributed by atoms with Gasteiger partial charge in [-0.05, 0) is 30.4 Å². The Balaban J connectivity index is 2.05. The van der Waals surface area contributed by atoms with Gasteiger partial charge < -0.3 is 0 Å². The monoisotopic (exact) mass is 243 g/mol. The molecular weight excluding hydrogens is 231 g/mol. The van der Waals surface area contributed by atoms with Gasteiger partial charge in [-0.15, -0.1) is 0 Å². The molecule has 1 aliphatic rings. The SMILES string of the molecule is O=C(NC(F)(F)F)C1CCc2ccccc2C1. The number of fused-ring (bicyclic) bond motifs is 1. The third-order valence-electron chi connectivity index (χ3n) is 2.98. The van der Waals surface area contributed by atoms with Gasteiger partial charge in [0.25, 0.3) is 0 Å². The van der Waals surface area contributed by atoms with E-state index in [9.17, 15) is 18.0 Å². The van der Waals surface area contributed by atoms with Crippen LogP contribution in [-0.2, 0) is 17.6 Å². The molecule has 0 aliphatic heterocycles. The van der Waals surface area contributed by atoms with E-state index in [0.717, 1.165) is 16.4 Å². The summed E-state index contributed by atoms with van der Waals surface area (Å²) in [4.78, 5) is 11.4. The van der Waals surface area contributed by atoms with Crippen LogP contribution in [0.4, 0.5) is 13.2 Å². The third kappa shape index (κ3) is 2.99. The van der Waals surface area contributed by atoms with Crippen molar-refractivity contribution in [1.29, 1.82) is 0 Å². The highest BCUT2D eigenvalue weighted by Gasteiger charge is 2.34. The Morgan fingerprint density at radius 1 is 1.24 bits per heavy atom. The number of benzene rings is 1. The van der Waals surface area contributed by atoms with E-state index >= 15 is 0 Å². The van der Waals surface area contributed by atoms with Crippen LogP contribution in [0, 0.1) is 5.92 Å². The van der Waals surface area contributed by atoms with Crippen molar-refractivity contribution in [2.75, 3.05) is 0 Å². The lowest BCUT2D eigenvalue weighted by Crippen LogP contribution is -2.42. The summed E-state index contributed by atoms with van der Waals surface area (Å²) in [5, 5.41) is 1.08. The zero-order valence-corrected chi connectivity index (χ0v) is 9.05. The number of rotatable bonds is 1. The average Bonchev–Trinajstić information content (AvgIpc) is 2.26. The summed E-state index contributed by atoms with van der Waals surface area (Å²) in [5.74, 6) is -1.50. The molecule has 0 spiro atoms. The van der Waals surface area contributed by atoms with Crippen molar-refractivity contribution in [2.24, 2.45) is 5.92 Å². The van der Waals surface area contributed by atoms with Gasteiger partial charge in [-0.1, -0.05) is 24.3 Å². The summed E-state index contributed by atoms with van der Waals surface area (Å²) >= 11 is 0. The van der Waals surface area contributed by atoms with E-state index in [0.29, 0.717) is 19.3 Å². The number of carbonyl (C=O) groups excluding carboxylic acids is 1. The first-order valence-electron chi connectivity index (χ1n) is 5.41. The number of carbonyl (C=O) groups is 1. The van der Waals surface area contributed by atoms with E-state index in [1.807, 2.05) is 24.3 Å². The Morgan fingerprint density at radius 2 is 1.88 bits per heavy atom. The normalized spacial score (nSPS) is 19.6. The van der Waals surface area contributed by atoms with Crippen molar-refractivity contribution in [1.82, 2.24) is 5.32 Å². The standard InChI is InChI=1S/C12H12F3NO/c13-12(14,15)16-11(17)10-6-5-8-3-1-2-4-9(8)7-10/h1-4,10H,5-7H2,(H,16,17). The van der Waals surface area contributed by atoms with Crippen LogP contribution < -0.4 is 5.32 Å². The molecule has 0 aromatic heterocycles. The van der Waals surface area contributed by atoms with Crippen LogP contribution in [0.15, 0.2) is 24.3 Å². The summed E-state index contributed by atoms with van der Waals surface area (Å²) in [6.45, 7) is 0. The van der Waals surface area contributed by atoms with Crippen LogP contribution >= 0.6 is 0 Å². The summed E-state index contributed by atoms with van der Waals surface area (Å²) < 4.78 is 36.1. The van der Waals surface area contributed by atoms with Gasteiger partial charge in [0.1, 0.15) is 0 Å². The lowest BCUT2D eigenvalue weighted by molar-refractivity contribution is -0.172. The van der Waals surface area contributed by atoms with Gasteiger partial charge in [-0.3, -0.25) is 10.1 Å². The van der Waals surface area contributed by atoms with Crippen LogP contribution in [0.3, 0.4) is 0 Å². The van der Waals surface area contributed by atoms with E-state index in [-0.39, 0.29) is 0 Å². The number of alkyl halides is 3. The fraction of sp³-hybridized carbons (Fsp3) is 0.417. The molecule has 1 aromatic carbocycles. The third-order valence-corrected chi connectivity index (χ3v) is 2.98. The van der Waals surface area contributed by atoms with Crippen molar-refractivity contribution in [3.63, 3.8) is 0 Å². The minimum absolute atomic E-state index is 0.387. The fourth-order valence-corrected chi connectivity index (χ4v) is 2.16. The minimum Gasteiger partial charge on any atom is -0.275 e. The first kappa shape index (κ1) is 12.0. The molecule has 1 unspecified atom stereocenters. The Bertz CT molecular complexity index is 428. The summed E-state index contributed by atoms with van der Waals surface area (Å²) in [5.41, 5.74) is 2.10. The highest BCUT2D eigenvalue weighted by atomic mass is 19.4. The van der Waals surface area contributed by atoms with Gasteiger partial charge in [0.2, 0.25) is 5.91 Å². The van der Waals surface area contributed by atoms with E-state index < -0.39 is 18.1 Å². The van der Waals surface area contributed by atoms with Crippen molar-refractivity contribution in [2.45, 2.75) is 25.6 Å². The van der Waals surface area contributed by atoms with Gasteiger partial charge in [-0.25, -0.2) is 0 Å². The zero-order chi connectivity index (χ0) is 12.5. The maximum atomic E-state index is 12.0. The maximum Gasteiger partial charge on any atom is 0.484 e. The lowest BCUT2D eigenvalue weighted by Gasteiger charge is -2.24. The molecule has 1 atom stereocenters. The minimum atomic E-state index is -4.63. The number of halogens is 3. The second-order valence-corrected chi connectivity index (χ2v) is 4.20. The molecule has 1 N–H and O–H groups in total. The number of aryl methyl sites for hydroxylation is 1. The van der Waals surface area contributed by atoms with Gasteiger partial charge in [-0.2, -0.15) is 13.2 Å². The van der Waals surface area contributed by atoms with Gasteiger partial charge in [0.15, 0.2) is 0 Å². The smallest absolute Gasteiger partial charge is 0.275 e. The number of hydrogen-bond donors (Lipinski definition) is 1. The van der Waals surface area contributed by atoms with Crippen molar-refractivity contribution < 1.29 is 18.0 Å². The Morgan fingerprint density at radius 3 is 2.53 bits per heavy atom. The molecule has 2 nitrogen and oxygen atoms in total. The van der Waals surface area contributed by atoms with Crippen LogP contribution in [0.5, 0.6) is 0 Å². The van der Waals surface area contributed by atoms with Crippen LogP contribution in [0.25, 0.3) is 0 Å². The molecule has 2 rings (SSSR count). The molecule has 0 bridgehead atoms. The molecule has 0 fully saturated rings. The van der Waals surface area contributed by atoms with E-state index in [1.165, 1.54) is 0 Å². The van der Waals surface area contributed by atoms with E-state index in [1.54, 1.807) is 0 Å². The quantitative estimate of drug-likeness (QED) is 0.754. The highest BCUT2D eigenvalue weighted by Crippen LogP contribution is 2.26. The van der Waals surface area contributed by atoms with Gasteiger partial charge in [0.05, 0.1) is 0 Å². The molecule has 0 heterocycles. The number of amides is 1. The zero-order valence-electron chi connectivity index (χ0n) is 9.05. The second kappa shape index (κ2) is 4.39. The first-order chi connectivity index (χ1) is 7.96. The molecule has 0 saturated carbocycles. The summed E-state index contributed by atoms with van der Waals surface area (Å²) in [6.07, 6.45) is -3.11. The van der Waals surface area contributed by atoms with Gasteiger partial charge >= 0.3 is 6.30 Å². The highest BCUT2D eigenvalue weighted by molar-refractivity contribution is 5.79. The lowest BCUT2D eigenvalue weighted by atomic mass is 9.83. The Kier molecular flexibility index (Phi) is 3.09. The molecule has 1 aliphatic carbocycles. The Hall–Kier alpha value is -1.52. The predicted octanol–water partition coefficient (Wildman–Crippen LogP) is 2.43. The molecule has 1 aromatic rings. The van der Waals surface area contributed by atoms with E-state index in [4.69, 9.17) is 0 Å². The second-order valence-electron chi connectivity index (χ2n) is 4.20. The molecular formula is C12H12F3NO. The summed E-state index contributed by atoms with van der Waals surface area (Å²) in [7, 11) is 0. The predicted molar refractivity (Wildman–Crippen MR) is 56.2 cm³/mol. The summed E-state index contributed by atoms with van der Waals surface area (Å²) in [6, 6.07) is 7.55. The van der Waals surface area contributed by atoms with Crippen molar-refractivity contribution >= 4 is 5.91 Å². The molecule has 0 saturated heterocycles. The van der Waals surface area contributed by atoms with Crippen LogP contribution in [0.2, 0.25) is 0 Å². The topological polar surface area (TPSA) is 29.1 Å².